The maximum absolute atomic E-state index is 12.3. The van der Waals surface area contributed by atoms with Crippen LogP contribution in [0.5, 0.6) is 0 Å². The summed E-state index contributed by atoms with van der Waals surface area (Å²) in [6, 6.07) is 9.11. The molecule has 0 spiro atoms. The summed E-state index contributed by atoms with van der Waals surface area (Å²) < 4.78 is 10.1. The molecule has 0 radical (unpaired) electrons. The van der Waals surface area contributed by atoms with E-state index in [2.05, 4.69) is 0 Å². The predicted molar refractivity (Wildman–Crippen MR) is 71.1 cm³/mol. The number of hydrogen-bond donors (Lipinski definition) is 0. The Morgan fingerprint density at radius 2 is 1.95 bits per heavy atom. The van der Waals surface area contributed by atoms with Crippen LogP contribution in [-0.4, -0.2) is 12.6 Å². The lowest BCUT2D eigenvalue weighted by Gasteiger charge is -2.06. The highest BCUT2D eigenvalue weighted by atomic mass is 16.5. The van der Waals surface area contributed by atoms with Crippen LogP contribution in [0.15, 0.2) is 45.8 Å². The fourth-order valence-electron chi connectivity index (χ4n) is 1.84. The van der Waals surface area contributed by atoms with Crippen LogP contribution in [0.4, 0.5) is 0 Å². The van der Waals surface area contributed by atoms with E-state index in [1.165, 1.54) is 0 Å². The van der Waals surface area contributed by atoms with Crippen molar-refractivity contribution in [3.63, 3.8) is 0 Å². The highest BCUT2D eigenvalue weighted by molar-refractivity contribution is 5.90. The minimum Gasteiger partial charge on any atom is -0.468 e. The number of carbonyl (C=O) groups excluding carboxylic acids is 1. The van der Waals surface area contributed by atoms with Gasteiger partial charge >= 0.3 is 5.97 Å². The van der Waals surface area contributed by atoms with E-state index >= 15 is 0 Å². The van der Waals surface area contributed by atoms with Crippen molar-refractivity contribution in [2.45, 2.75) is 13.8 Å². The molecule has 1 aromatic heterocycles. The van der Waals surface area contributed by atoms with E-state index in [1.807, 2.05) is 18.2 Å². The summed E-state index contributed by atoms with van der Waals surface area (Å²) in [7, 11) is 0. The zero-order valence-electron chi connectivity index (χ0n) is 10.8. The largest absolute Gasteiger partial charge is 0.468 e. The summed E-state index contributed by atoms with van der Waals surface area (Å²) in [5, 5.41) is 0. The van der Waals surface area contributed by atoms with Gasteiger partial charge < -0.3 is 9.15 Å². The van der Waals surface area contributed by atoms with Gasteiger partial charge in [-0.15, -0.1) is 0 Å². The number of ether oxygens (including phenoxy) is 1. The first-order valence-corrected chi connectivity index (χ1v) is 6.00. The van der Waals surface area contributed by atoms with Gasteiger partial charge in [0.25, 0.3) is 0 Å². The molecule has 0 saturated carbocycles. The van der Waals surface area contributed by atoms with Crippen LogP contribution in [0, 0.1) is 6.92 Å². The van der Waals surface area contributed by atoms with Crippen molar-refractivity contribution < 1.29 is 13.9 Å². The summed E-state index contributed by atoms with van der Waals surface area (Å²) in [6.07, 6.45) is 1.15. The van der Waals surface area contributed by atoms with E-state index in [0.717, 1.165) is 11.8 Å². The average Bonchev–Trinajstić information content (AvgIpc) is 2.40. The Morgan fingerprint density at radius 1 is 1.26 bits per heavy atom. The molecule has 98 valence electrons. The first kappa shape index (κ1) is 13.1. The molecule has 0 N–H and O–H groups in total. The number of hydrogen-bond acceptors (Lipinski definition) is 4. The van der Waals surface area contributed by atoms with Crippen molar-refractivity contribution >= 4 is 5.97 Å². The van der Waals surface area contributed by atoms with Crippen LogP contribution >= 0.6 is 0 Å². The van der Waals surface area contributed by atoms with Crippen molar-refractivity contribution in [1.29, 1.82) is 0 Å². The first-order chi connectivity index (χ1) is 9.15. The maximum atomic E-state index is 12.3. The van der Waals surface area contributed by atoms with E-state index in [1.54, 1.807) is 26.0 Å². The molecule has 0 aliphatic rings. The number of benzene rings is 1. The molecule has 0 aliphatic heterocycles. The Kier molecular flexibility index (Phi) is 3.80. The average molecular weight is 258 g/mol. The van der Waals surface area contributed by atoms with Gasteiger partial charge in [0.2, 0.25) is 5.43 Å². The number of carbonyl (C=O) groups is 1. The van der Waals surface area contributed by atoms with Gasteiger partial charge in [0.1, 0.15) is 17.6 Å². The van der Waals surface area contributed by atoms with Crippen molar-refractivity contribution in [1.82, 2.24) is 0 Å². The standard InChI is InChI=1S/C15H14O4/c1-3-18-15(17)12-9-19-10(2)13(14(12)16)11-7-5-4-6-8-11/h4-9H,3H2,1-2H3. The monoisotopic (exact) mass is 258 g/mol. The normalized spacial score (nSPS) is 10.2. The van der Waals surface area contributed by atoms with Crippen LogP contribution < -0.4 is 5.43 Å². The van der Waals surface area contributed by atoms with E-state index in [4.69, 9.17) is 9.15 Å². The molecule has 1 aromatic carbocycles. The second-order valence-corrected chi connectivity index (χ2v) is 4.00. The molecule has 4 heteroatoms. The minimum atomic E-state index is -0.659. The molecular weight excluding hydrogens is 244 g/mol. The summed E-state index contributed by atoms with van der Waals surface area (Å²) in [5.74, 6) is -0.183. The highest BCUT2D eigenvalue weighted by Gasteiger charge is 2.18. The summed E-state index contributed by atoms with van der Waals surface area (Å²) in [4.78, 5) is 24.0. The van der Waals surface area contributed by atoms with Gasteiger partial charge in [-0.1, -0.05) is 30.3 Å². The zero-order chi connectivity index (χ0) is 13.8. The van der Waals surface area contributed by atoms with Gasteiger partial charge in [-0.05, 0) is 19.4 Å². The highest BCUT2D eigenvalue weighted by Crippen LogP contribution is 2.20. The van der Waals surface area contributed by atoms with Gasteiger partial charge in [-0.25, -0.2) is 4.79 Å². The van der Waals surface area contributed by atoms with Crippen LogP contribution in [0.25, 0.3) is 11.1 Å². The van der Waals surface area contributed by atoms with Crippen molar-refractivity contribution in [3.05, 3.63) is 58.1 Å². The van der Waals surface area contributed by atoms with Gasteiger partial charge in [0, 0.05) is 0 Å². The number of rotatable bonds is 3. The Hall–Kier alpha value is -2.36. The second-order valence-electron chi connectivity index (χ2n) is 4.00. The summed E-state index contributed by atoms with van der Waals surface area (Å²) >= 11 is 0. The first-order valence-electron chi connectivity index (χ1n) is 6.00. The SMILES string of the molecule is CCOC(=O)c1coc(C)c(-c2ccccc2)c1=O. The molecule has 2 rings (SSSR count). The Labute approximate surface area is 110 Å². The quantitative estimate of drug-likeness (QED) is 0.794. The fourth-order valence-corrected chi connectivity index (χ4v) is 1.84. The zero-order valence-corrected chi connectivity index (χ0v) is 10.8. The fraction of sp³-hybridized carbons (Fsp3) is 0.200. The third-order valence-corrected chi connectivity index (χ3v) is 2.74. The van der Waals surface area contributed by atoms with Crippen molar-refractivity contribution in [3.8, 4) is 11.1 Å². The minimum absolute atomic E-state index is 0.0775. The molecule has 0 unspecified atom stereocenters. The third-order valence-electron chi connectivity index (χ3n) is 2.74. The molecule has 4 nitrogen and oxygen atoms in total. The number of aryl methyl sites for hydroxylation is 1. The molecular formula is C15H14O4. The lowest BCUT2D eigenvalue weighted by molar-refractivity contribution is 0.0522. The third kappa shape index (κ3) is 2.57. The van der Waals surface area contributed by atoms with Crippen molar-refractivity contribution in [2.24, 2.45) is 0 Å². The van der Waals surface area contributed by atoms with Gasteiger partial charge in [0.05, 0.1) is 12.2 Å². The maximum Gasteiger partial charge on any atom is 0.345 e. The molecule has 1 heterocycles. The molecule has 19 heavy (non-hydrogen) atoms. The number of esters is 1. The van der Waals surface area contributed by atoms with E-state index in [-0.39, 0.29) is 17.6 Å². The van der Waals surface area contributed by atoms with Crippen molar-refractivity contribution in [2.75, 3.05) is 6.61 Å². The van der Waals surface area contributed by atoms with E-state index < -0.39 is 5.97 Å². The van der Waals surface area contributed by atoms with E-state index in [9.17, 15) is 9.59 Å². The van der Waals surface area contributed by atoms with E-state index in [0.29, 0.717) is 11.3 Å². The summed E-state index contributed by atoms with van der Waals surface area (Å²) in [6.45, 7) is 3.59. The molecule has 0 bridgehead atoms. The Bertz CT molecular complexity index is 641. The molecule has 0 aliphatic carbocycles. The van der Waals surface area contributed by atoms with Crippen LogP contribution in [0.1, 0.15) is 23.0 Å². The molecule has 0 amide bonds. The molecule has 0 fully saturated rings. The van der Waals surface area contributed by atoms with Crippen LogP contribution in [0.2, 0.25) is 0 Å². The molecule has 0 atom stereocenters. The van der Waals surface area contributed by atoms with Gasteiger partial charge in [0.15, 0.2) is 0 Å². The lowest BCUT2D eigenvalue weighted by Crippen LogP contribution is -2.19. The topological polar surface area (TPSA) is 56.5 Å². The Morgan fingerprint density at radius 3 is 2.58 bits per heavy atom. The Balaban J connectivity index is 2.59. The predicted octanol–water partition coefficient (Wildman–Crippen LogP) is 2.79. The summed E-state index contributed by atoms with van der Waals surface area (Å²) in [5.41, 5.74) is 0.672. The van der Waals surface area contributed by atoms with Crippen LogP contribution in [-0.2, 0) is 4.74 Å². The van der Waals surface area contributed by atoms with Gasteiger partial charge in [-0.2, -0.15) is 0 Å². The second kappa shape index (κ2) is 5.52. The van der Waals surface area contributed by atoms with Crippen LogP contribution in [0.3, 0.4) is 0 Å². The van der Waals surface area contributed by atoms with Gasteiger partial charge in [-0.3, -0.25) is 4.79 Å². The molecule has 2 aromatic rings. The lowest BCUT2D eigenvalue weighted by atomic mass is 10.0. The smallest absolute Gasteiger partial charge is 0.345 e. The molecule has 0 saturated heterocycles.